The van der Waals surface area contributed by atoms with Gasteiger partial charge in [-0.1, -0.05) is 6.07 Å². The summed E-state index contributed by atoms with van der Waals surface area (Å²) in [7, 11) is 0. The van der Waals surface area contributed by atoms with E-state index in [2.05, 4.69) is 5.32 Å². The fraction of sp³-hybridized carbons (Fsp3) is 0.412. The number of carbonyl (C=O) groups is 4. The molecule has 1 fully saturated rings. The molecule has 2 aliphatic rings. The van der Waals surface area contributed by atoms with Crippen LogP contribution >= 0.6 is 0 Å². The van der Waals surface area contributed by atoms with Gasteiger partial charge in [0.25, 0.3) is 23.4 Å². The highest BCUT2D eigenvalue weighted by molar-refractivity contribution is 6.24. The molecule has 1 aromatic rings. The summed E-state index contributed by atoms with van der Waals surface area (Å²) in [6, 6.07) is 2.44. The molecule has 0 bridgehead atoms. The fourth-order valence-corrected chi connectivity index (χ4v) is 2.77. The zero-order valence-electron chi connectivity index (χ0n) is 14.6. The lowest BCUT2D eigenvalue weighted by atomic mass is 10.1. The van der Waals surface area contributed by atoms with E-state index in [1.54, 1.807) is 0 Å². The highest BCUT2D eigenvalue weighted by Gasteiger charge is 2.45. The van der Waals surface area contributed by atoms with E-state index in [9.17, 15) is 29.3 Å². The molecule has 3 rings (SSSR count). The molecule has 1 aliphatic carbocycles. The Balaban J connectivity index is 1.75. The maximum Gasteiger partial charge on any atom is 0.329 e. The predicted octanol–water partition coefficient (Wildman–Crippen LogP) is 0.790. The van der Waals surface area contributed by atoms with Gasteiger partial charge in [-0.3, -0.25) is 29.4 Å². The van der Waals surface area contributed by atoms with Crippen LogP contribution in [0.5, 0.6) is 0 Å². The minimum Gasteiger partial charge on any atom is -0.451 e. The number of benzene rings is 1. The number of amides is 3. The number of nitro groups is 1. The van der Waals surface area contributed by atoms with Crippen LogP contribution in [0.2, 0.25) is 0 Å². The lowest BCUT2D eigenvalue weighted by Gasteiger charge is -2.22. The third-order valence-corrected chi connectivity index (χ3v) is 4.44. The Kier molecular flexibility index (Phi) is 4.64. The Labute approximate surface area is 153 Å². The van der Waals surface area contributed by atoms with Gasteiger partial charge in [-0.2, -0.15) is 0 Å². The summed E-state index contributed by atoms with van der Waals surface area (Å²) in [4.78, 5) is 60.3. The zero-order chi connectivity index (χ0) is 19.9. The first-order valence-corrected chi connectivity index (χ1v) is 8.38. The number of hydrogen-bond donors (Lipinski definition) is 1. The van der Waals surface area contributed by atoms with Gasteiger partial charge in [-0.15, -0.1) is 0 Å². The van der Waals surface area contributed by atoms with Gasteiger partial charge in [-0.05, 0) is 32.8 Å². The van der Waals surface area contributed by atoms with Gasteiger partial charge in [-0.25, -0.2) is 4.79 Å². The Bertz CT molecular complexity index is 862. The van der Waals surface area contributed by atoms with Crippen LogP contribution in [0.25, 0.3) is 0 Å². The van der Waals surface area contributed by atoms with E-state index in [1.807, 2.05) is 0 Å². The standard InChI is InChI=1S/C17H17N3O7/c1-8(17(24)27-9(2)14(21)18-10-6-7-10)19-15(22)11-4-3-5-12(20(25)26)13(11)16(19)23/h3-5,8-10H,6-7H2,1-2H3,(H,18,21)/t8-,9+/m1/s1. The molecule has 10 nitrogen and oxygen atoms in total. The number of fused-ring (bicyclic) bond motifs is 1. The van der Waals surface area contributed by atoms with Crippen molar-refractivity contribution in [3.05, 3.63) is 39.4 Å². The van der Waals surface area contributed by atoms with Crippen molar-refractivity contribution >= 4 is 29.4 Å². The highest BCUT2D eigenvalue weighted by Crippen LogP contribution is 2.32. The van der Waals surface area contributed by atoms with Gasteiger partial charge < -0.3 is 10.1 Å². The molecule has 1 N–H and O–H groups in total. The lowest BCUT2D eigenvalue weighted by molar-refractivity contribution is -0.385. The quantitative estimate of drug-likeness (QED) is 0.336. The number of esters is 1. The summed E-state index contributed by atoms with van der Waals surface area (Å²) in [5.41, 5.74) is -1.01. The van der Waals surface area contributed by atoms with Crippen molar-refractivity contribution in [1.29, 1.82) is 0 Å². The molecule has 0 spiro atoms. The monoisotopic (exact) mass is 375 g/mol. The first-order chi connectivity index (χ1) is 12.7. The van der Waals surface area contributed by atoms with Crippen molar-refractivity contribution in [2.45, 2.75) is 44.9 Å². The van der Waals surface area contributed by atoms with Crippen LogP contribution in [-0.2, 0) is 14.3 Å². The summed E-state index contributed by atoms with van der Waals surface area (Å²) in [5.74, 6) is -3.18. The zero-order valence-corrected chi connectivity index (χ0v) is 14.6. The molecule has 0 aromatic heterocycles. The van der Waals surface area contributed by atoms with Crippen molar-refractivity contribution in [3.63, 3.8) is 0 Å². The average Bonchev–Trinajstić information content (AvgIpc) is 3.40. The molecule has 1 saturated carbocycles. The molecule has 10 heteroatoms. The van der Waals surface area contributed by atoms with E-state index in [1.165, 1.54) is 26.0 Å². The number of nitrogens with one attached hydrogen (secondary N) is 1. The Morgan fingerprint density at radius 2 is 1.93 bits per heavy atom. The van der Waals surface area contributed by atoms with E-state index in [4.69, 9.17) is 4.74 Å². The summed E-state index contributed by atoms with van der Waals surface area (Å²) in [5, 5.41) is 13.8. The van der Waals surface area contributed by atoms with Crippen LogP contribution < -0.4 is 5.32 Å². The number of rotatable bonds is 6. The molecule has 0 unspecified atom stereocenters. The Hall–Kier alpha value is -3.30. The first-order valence-electron chi connectivity index (χ1n) is 8.38. The smallest absolute Gasteiger partial charge is 0.329 e. The van der Waals surface area contributed by atoms with Crippen LogP contribution in [0.4, 0.5) is 5.69 Å². The number of ether oxygens (including phenoxy) is 1. The molecule has 1 aliphatic heterocycles. The molecule has 0 radical (unpaired) electrons. The van der Waals surface area contributed by atoms with Gasteiger partial charge >= 0.3 is 5.97 Å². The molecular formula is C17H17N3O7. The average molecular weight is 375 g/mol. The number of nitro benzene ring substituents is 1. The highest BCUT2D eigenvalue weighted by atomic mass is 16.6. The first kappa shape index (κ1) is 18.5. The van der Waals surface area contributed by atoms with Crippen molar-refractivity contribution in [2.75, 3.05) is 0 Å². The lowest BCUT2D eigenvalue weighted by Crippen LogP contribution is -2.46. The molecule has 2 atom stereocenters. The summed E-state index contributed by atoms with van der Waals surface area (Å²) in [6.45, 7) is 2.65. The number of hydrogen-bond acceptors (Lipinski definition) is 7. The van der Waals surface area contributed by atoms with Crippen LogP contribution in [0, 0.1) is 10.1 Å². The second-order valence-corrected chi connectivity index (χ2v) is 6.48. The number of carbonyl (C=O) groups excluding carboxylic acids is 4. The number of nitrogens with zero attached hydrogens (tertiary/aromatic N) is 2. The second kappa shape index (κ2) is 6.78. The summed E-state index contributed by atoms with van der Waals surface area (Å²) < 4.78 is 5.06. The minimum atomic E-state index is -1.34. The van der Waals surface area contributed by atoms with E-state index in [0.29, 0.717) is 4.90 Å². The van der Waals surface area contributed by atoms with Crippen molar-refractivity contribution < 1.29 is 28.8 Å². The van der Waals surface area contributed by atoms with Crippen molar-refractivity contribution in [2.24, 2.45) is 0 Å². The normalized spacial score (nSPS) is 17.9. The predicted molar refractivity (Wildman–Crippen MR) is 89.8 cm³/mol. The number of imide groups is 1. The SMILES string of the molecule is C[C@H](OC(=O)[C@@H](C)N1C(=O)c2cccc([N+](=O)[O-])c2C1=O)C(=O)NC1CC1. The van der Waals surface area contributed by atoms with E-state index < -0.39 is 46.4 Å². The van der Waals surface area contributed by atoms with Gasteiger partial charge in [0, 0.05) is 12.1 Å². The van der Waals surface area contributed by atoms with Crippen LogP contribution in [0.15, 0.2) is 18.2 Å². The molecule has 27 heavy (non-hydrogen) atoms. The van der Waals surface area contributed by atoms with Gasteiger partial charge in [0.05, 0.1) is 10.5 Å². The Morgan fingerprint density at radius 3 is 2.52 bits per heavy atom. The topological polar surface area (TPSA) is 136 Å². The maximum atomic E-state index is 12.6. The van der Waals surface area contributed by atoms with Crippen molar-refractivity contribution in [3.8, 4) is 0 Å². The van der Waals surface area contributed by atoms with Crippen LogP contribution in [0.3, 0.4) is 0 Å². The molecular weight excluding hydrogens is 358 g/mol. The second-order valence-electron chi connectivity index (χ2n) is 6.48. The van der Waals surface area contributed by atoms with E-state index >= 15 is 0 Å². The van der Waals surface area contributed by atoms with Crippen LogP contribution in [-0.4, -0.2) is 51.7 Å². The van der Waals surface area contributed by atoms with Crippen molar-refractivity contribution in [1.82, 2.24) is 10.2 Å². The summed E-state index contributed by atoms with van der Waals surface area (Å²) in [6.07, 6.45) is 0.651. The largest absolute Gasteiger partial charge is 0.451 e. The van der Waals surface area contributed by atoms with E-state index in [-0.39, 0.29) is 17.2 Å². The van der Waals surface area contributed by atoms with Crippen LogP contribution in [0.1, 0.15) is 47.4 Å². The third kappa shape index (κ3) is 3.37. The third-order valence-electron chi connectivity index (χ3n) is 4.44. The van der Waals surface area contributed by atoms with Gasteiger partial charge in [0.1, 0.15) is 11.6 Å². The van der Waals surface area contributed by atoms with Gasteiger partial charge in [0.15, 0.2) is 6.10 Å². The maximum absolute atomic E-state index is 12.6. The van der Waals surface area contributed by atoms with Gasteiger partial charge in [0.2, 0.25) is 0 Å². The summed E-state index contributed by atoms with van der Waals surface area (Å²) >= 11 is 0. The Morgan fingerprint density at radius 1 is 1.26 bits per heavy atom. The molecule has 1 aromatic carbocycles. The van der Waals surface area contributed by atoms with E-state index in [0.717, 1.165) is 18.9 Å². The molecule has 0 saturated heterocycles. The molecule has 142 valence electrons. The fourth-order valence-electron chi connectivity index (χ4n) is 2.77. The molecule has 3 amide bonds. The molecule has 1 heterocycles. The minimum absolute atomic E-state index is 0.0906.